The molecule has 7 nitrogen and oxygen atoms in total. The van der Waals surface area contributed by atoms with Gasteiger partial charge in [-0.05, 0) is 0 Å². The average molecular weight is 169 g/mol. The second kappa shape index (κ2) is 6.93. The number of hydrogen-bond donors (Lipinski definition) is 3. The van der Waals surface area contributed by atoms with E-state index in [4.69, 9.17) is 15.9 Å². The zero-order valence-electron chi connectivity index (χ0n) is 5.57. The van der Waals surface area contributed by atoms with Crippen LogP contribution in [0.1, 0.15) is 6.42 Å². The van der Waals surface area contributed by atoms with Crippen molar-refractivity contribution in [3.8, 4) is 0 Å². The van der Waals surface area contributed by atoms with Gasteiger partial charge >= 0.3 is 11.9 Å². The predicted molar refractivity (Wildman–Crippen MR) is 35.1 cm³/mol. The Bertz CT molecular complexity index is 135. The molecule has 0 rings (SSSR count). The normalized spacial score (nSPS) is 10.3. The molecule has 0 aromatic rings. The molecule has 7 heteroatoms. The maximum atomic E-state index is 9.85. The van der Waals surface area contributed by atoms with Crippen LogP contribution in [0.3, 0.4) is 0 Å². The van der Waals surface area contributed by atoms with Gasteiger partial charge in [-0.3, -0.25) is 9.59 Å². The lowest BCUT2D eigenvalue weighted by Crippen LogP contribution is -2.32. The van der Waals surface area contributed by atoms with Crippen LogP contribution in [-0.2, 0) is 9.59 Å². The maximum Gasteiger partial charge on any atom is 0.321 e. The van der Waals surface area contributed by atoms with Crippen molar-refractivity contribution in [3.05, 3.63) is 0 Å². The molecule has 0 aromatic carbocycles. The van der Waals surface area contributed by atoms with Crippen LogP contribution in [0.25, 0.3) is 0 Å². The fraction of sp³-hybridized carbons (Fsp3) is 0.500. The van der Waals surface area contributed by atoms with Gasteiger partial charge in [0.2, 0.25) is 0 Å². The highest BCUT2D eigenvalue weighted by Crippen LogP contribution is 1.86. The van der Waals surface area contributed by atoms with Crippen molar-refractivity contribution in [1.29, 1.82) is 0 Å². The van der Waals surface area contributed by atoms with Crippen molar-refractivity contribution in [2.45, 2.75) is 12.5 Å². The molecule has 0 heterocycles. The van der Waals surface area contributed by atoms with Crippen molar-refractivity contribution in [3.63, 3.8) is 0 Å². The fourth-order valence-electron chi connectivity index (χ4n) is 0.275. The van der Waals surface area contributed by atoms with Crippen LogP contribution in [0, 0.1) is 0 Å². The maximum absolute atomic E-state index is 9.85. The highest BCUT2D eigenvalue weighted by Gasteiger charge is 2.14. The average Bonchev–Trinajstić information content (AvgIpc) is 1.63. The number of hydrogen-bond acceptors (Lipinski definition) is 3. The van der Waals surface area contributed by atoms with Crippen LogP contribution in [0.15, 0.2) is 0 Å². The lowest BCUT2D eigenvalue weighted by Gasteiger charge is -1.99. The van der Waals surface area contributed by atoms with E-state index in [0.29, 0.717) is 0 Å². The van der Waals surface area contributed by atoms with Gasteiger partial charge in [-0.15, -0.1) is 0 Å². The topological polar surface area (TPSA) is 164 Å². The summed E-state index contributed by atoms with van der Waals surface area (Å²) in [7, 11) is 0. The molecule has 11 heavy (non-hydrogen) atoms. The summed E-state index contributed by atoms with van der Waals surface area (Å²) in [6, 6.07) is -1.29. The quantitative estimate of drug-likeness (QED) is 0.415. The van der Waals surface area contributed by atoms with Crippen LogP contribution >= 0.6 is 0 Å². The second-order valence-corrected chi connectivity index (χ2v) is 1.54. The summed E-state index contributed by atoms with van der Waals surface area (Å²) in [6.45, 7) is 0. The zero-order chi connectivity index (χ0) is 7.44. The van der Waals surface area contributed by atoms with Crippen LogP contribution in [0.5, 0.6) is 0 Å². The van der Waals surface area contributed by atoms with Gasteiger partial charge in [-0.25, -0.2) is 0 Å². The zero-order valence-corrected chi connectivity index (χ0v) is 5.57. The van der Waals surface area contributed by atoms with E-state index < -0.39 is 24.4 Å². The van der Waals surface area contributed by atoms with Gasteiger partial charge in [-0.2, -0.15) is 0 Å². The van der Waals surface area contributed by atoms with Crippen LogP contribution in [0.2, 0.25) is 0 Å². The summed E-state index contributed by atoms with van der Waals surface area (Å²) in [6.07, 6.45) is -0.532. The molecule has 1 atom stereocenters. The summed E-state index contributed by atoms with van der Waals surface area (Å²) in [5.41, 5.74) is 4.84. The Morgan fingerprint density at radius 1 is 1.27 bits per heavy atom. The Balaban J connectivity index is -0.000000320. The van der Waals surface area contributed by atoms with E-state index in [-0.39, 0.29) is 11.0 Å². The number of rotatable bonds is 3. The molecule has 0 aliphatic rings. The smallest absolute Gasteiger partial charge is 0.321 e. The van der Waals surface area contributed by atoms with Gasteiger partial charge < -0.3 is 26.9 Å². The first kappa shape index (κ1) is 16.4. The van der Waals surface area contributed by atoms with Gasteiger partial charge in [-0.1, -0.05) is 0 Å². The first-order valence-corrected chi connectivity index (χ1v) is 2.24. The Morgan fingerprint density at radius 2 is 1.64 bits per heavy atom. The SMILES string of the molecule is N[C@@H](CC(=O)O)C(=O)O.O.O. The van der Waals surface area contributed by atoms with E-state index in [1.807, 2.05) is 0 Å². The van der Waals surface area contributed by atoms with Gasteiger partial charge in [0.15, 0.2) is 0 Å². The lowest BCUT2D eigenvalue weighted by molar-refractivity contribution is -0.144. The standard InChI is InChI=1S/C4H7NO4.2H2O/c5-2(4(8)9)1-3(6)7;;/h2H,1,5H2,(H,6,7)(H,8,9);2*1H2/t2-;;/m0../s1. The molecule has 0 saturated carbocycles. The van der Waals surface area contributed by atoms with Crippen LogP contribution in [-0.4, -0.2) is 39.1 Å². The molecule has 0 radical (unpaired) electrons. The first-order chi connectivity index (χ1) is 4.04. The summed E-state index contributed by atoms with van der Waals surface area (Å²) in [5, 5.41) is 16.0. The summed E-state index contributed by atoms with van der Waals surface area (Å²) in [5.74, 6) is -2.50. The monoisotopic (exact) mass is 169 g/mol. The molecule has 0 aliphatic carbocycles. The minimum absolute atomic E-state index is 0. The third-order valence-electron chi connectivity index (χ3n) is 0.712. The van der Waals surface area contributed by atoms with Crippen LogP contribution < -0.4 is 5.73 Å². The molecule has 0 unspecified atom stereocenters. The Labute approximate surface area is 62.0 Å². The Morgan fingerprint density at radius 3 is 1.73 bits per heavy atom. The molecule has 0 spiro atoms. The molecule has 0 bridgehead atoms. The molecular formula is C4H11NO6. The minimum atomic E-state index is -1.29. The summed E-state index contributed by atoms with van der Waals surface area (Å²) in [4.78, 5) is 19.6. The van der Waals surface area contributed by atoms with Gasteiger partial charge in [0.25, 0.3) is 0 Å². The Kier molecular flexibility index (Phi) is 10.4. The molecule has 0 saturated heterocycles. The van der Waals surface area contributed by atoms with Crippen molar-refractivity contribution in [2.24, 2.45) is 5.73 Å². The lowest BCUT2D eigenvalue weighted by atomic mass is 10.2. The molecule has 0 amide bonds. The van der Waals surface area contributed by atoms with Crippen LogP contribution in [0.4, 0.5) is 0 Å². The molecular weight excluding hydrogens is 158 g/mol. The third-order valence-corrected chi connectivity index (χ3v) is 0.712. The summed E-state index contributed by atoms with van der Waals surface area (Å²) < 4.78 is 0. The van der Waals surface area contributed by atoms with E-state index in [0.717, 1.165) is 0 Å². The highest BCUT2D eigenvalue weighted by molar-refractivity contribution is 5.80. The van der Waals surface area contributed by atoms with Gasteiger partial charge in [0.1, 0.15) is 6.04 Å². The van der Waals surface area contributed by atoms with Crippen molar-refractivity contribution < 1.29 is 30.8 Å². The number of aliphatic carboxylic acids is 2. The molecule has 68 valence electrons. The predicted octanol–water partition coefficient (Wildman–Crippen LogP) is -2.78. The highest BCUT2D eigenvalue weighted by atomic mass is 16.4. The first-order valence-electron chi connectivity index (χ1n) is 2.24. The van der Waals surface area contributed by atoms with E-state index in [9.17, 15) is 9.59 Å². The number of carboxylic acids is 2. The third kappa shape index (κ3) is 8.82. The molecule has 0 aromatic heterocycles. The van der Waals surface area contributed by atoms with E-state index in [1.54, 1.807) is 0 Å². The largest absolute Gasteiger partial charge is 0.481 e. The molecule has 0 fully saturated rings. The Hall–Kier alpha value is -1.18. The van der Waals surface area contributed by atoms with Gasteiger partial charge in [0.05, 0.1) is 6.42 Å². The minimum Gasteiger partial charge on any atom is -0.481 e. The molecule has 8 N–H and O–H groups in total. The number of nitrogens with two attached hydrogens (primary N) is 1. The van der Waals surface area contributed by atoms with E-state index in [2.05, 4.69) is 0 Å². The summed E-state index contributed by atoms with van der Waals surface area (Å²) >= 11 is 0. The number of carboxylic acid groups (broad SMARTS) is 2. The van der Waals surface area contributed by atoms with E-state index >= 15 is 0 Å². The van der Waals surface area contributed by atoms with Crippen molar-refractivity contribution in [2.75, 3.05) is 0 Å². The fourth-order valence-corrected chi connectivity index (χ4v) is 0.275. The molecule has 0 aliphatic heterocycles. The van der Waals surface area contributed by atoms with Crippen molar-refractivity contribution >= 4 is 11.9 Å². The van der Waals surface area contributed by atoms with E-state index in [1.165, 1.54) is 0 Å². The second-order valence-electron chi connectivity index (χ2n) is 1.54. The number of carbonyl (C=O) groups is 2. The van der Waals surface area contributed by atoms with Gasteiger partial charge in [0, 0.05) is 0 Å². The van der Waals surface area contributed by atoms with Crippen molar-refractivity contribution in [1.82, 2.24) is 0 Å².